The normalized spacial score (nSPS) is 16.8. The molecule has 1 aromatic carbocycles. The van der Waals surface area contributed by atoms with Crippen molar-refractivity contribution in [3.63, 3.8) is 0 Å². The van der Waals surface area contributed by atoms with Crippen molar-refractivity contribution in [1.82, 2.24) is 34.4 Å². The van der Waals surface area contributed by atoms with Gasteiger partial charge in [0.1, 0.15) is 24.2 Å². The molecule has 1 saturated heterocycles. The van der Waals surface area contributed by atoms with Crippen molar-refractivity contribution in [2.75, 3.05) is 42.9 Å². The number of piperazine rings is 1. The van der Waals surface area contributed by atoms with Gasteiger partial charge in [-0.05, 0) is 49.2 Å². The lowest BCUT2D eigenvalue weighted by Gasteiger charge is -2.36. The smallest absolute Gasteiger partial charge is 0.416 e. The number of carbonyl (C=O) groups excluding carboxylic acids is 2. The second-order valence-electron chi connectivity index (χ2n) is 11.7. The van der Waals surface area contributed by atoms with Crippen LogP contribution in [0.2, 0.25) is 0 Å². The van der Waals surface area contributed by atoms with Crippen LogP contribution in [0, 0.1) is 6.92 Å². The zero-order valence-electron chi connectivity index (χ0n) is 26.6. The minimum atomic E-state index is -4.54. The third-order valence-corrected chi connectivity index (χ3v) is 8.49. The van der Waals surface area contributed by atoms with Crippen molar-refractivity contribution in [2.24, 2.45) is 0 Å². The van der Waals surface area contributed by atoms with Crippen LogP contribution in [-0.4, -0.2) is 84.9 Å². The highest BCUT2D eigenvalue weighted by Gasteiger charge is 2.32. The highest BCUT2D eigenvalue weighted by molar-refractivity contribution is 5.95. The van der Waals surface area contributed by atoms with Gasteiger partial charge in [0.05, 0.1) is 17.0 Å². The summed E-state index contributed by atoms with van der Waals surface area (Å²) in [6, 6.07) is 5.89. The first-order chi connectivity index (χ1) is 23.3. The van der Waals surface area contributed by atoms with Gasteiger partial charge in [-0.2, -0.15) is 22.7 Å². The summed E-state index contributed by atoms with van der Waals surface area (Å²) in [5.74, 6) is -1.11. The number of anilines is 2. The average molecular weight is 684 g/mol. The molecule has 6 rings (SSSR count). The van der Waals surface area contributed by atoms with Crippen LogP contribution in [0.25, 0.3) is 11.5 Å². The molecule has 1 atom stereocenters. The Bertz CT molecular complexity index is 2020. The van der Waals surface area contributed by atoms with Crippen molar-refractivity contribution < 1.29 is 32.3 Å². The Morgan fingerprint density at radius 3 is 2.53 bits per heavy atom. The highest BCUT2D eigenvalue weighted by Crippen LogP contribution is 2.32. The van der Waals surface area contributed by atoms with Gasteiger partial charge in [0, 0.05) is 51.0 Å². The number of nitrogens with one attached hydrogen (secondary N) is 2. The van der Waals surface area contributed by atoms with Crippen LogP contribution in [0.15, 0.2) is 47.4 Å². The Morgan fingerprint density at radius 1 is 1.14 bits per heavy atom. The zero-order chi connectivity index (χ0) is 35.0. The predicted molar refractivity (Wildman–Crippen MR) is 171 cm³/mol. The number of aromatic nitrogens is 5. The molecule has 3 N–H and O–H groups in total. The minimum Gasteiger partial charge on any atom is -0.505 e. The van der Waals surface area contributed by atoms with Gasteiger partial charge < -0.3 is 30.1 Å². The summed E-state index contributed by atoms with van der Waals surface area (Å²) in [5, 5.41) is 20.2. The van der Waals surface area contributed by atoms with Gasteiger partial charge >= 0.3 is 6.18 Å². The Balaban J connectivity index is 1.35. The summed E-state index contributed by atoms with van der Waals surface area (Å²) in [7, 11) is 0. The lowest BCUT2D eigenvalue weighted by atomic mass is 10.1. The molecule has 2 aliphatic heterocycles. The first-order valence-corrected chi connectivity index (χ1v) is 15.6. The second-order valence-corrected chi connectivity index (χ2v) is 11.7. The monoisotopic (exact) mass is 683 g/mol. The number of halogens is 4. The number of rotatable bonds is 7. The number of fused-ring (bicyclic) bond motifs is 1. The van der Waals surface area contributed by atoms with Gasteiger partial charge in [0.2, 0.25) is 11.7 Å². The van der Waals surface area contributed by atoms with Crippen LogP contribution in [0.5, 0.6) is 5.75 Å². The lowest BCUT2D eigenvalue weighted by Crippen LogP contribution is -2.51. The maximum absolute atomic E-state index is 14.1. The molecule has 1 fully saturated rings. The molecule has 49 heavy (non-hydrogen) atoms. The SMILES string of the molecule is CCc1c(N2CCN(C(=O)c3ncccc3O)CC2)c(=O)n2nc(C3=CCC(F)CN3)nc2n1CC(=O)Nc1ccc(C(F)(F)F)cc1C. The summed E-state index contributed by atoms with van der Waals surface area (Å²) in [5.41, 5.74) is 0.0837. The first kappa shape index (κ1) is 33.4. The largest absolute Gasteiger partial charge is 0.505 e. The Morgan fingerprint density at radius 2 is 1.90 bits per heavy atom. The Labute approximate surface area is 276 Å². The molecular formula is C32H33F4N9O4. The fourth-order valence-corrected chi connectivity index (χ4v) is 5.99. The molecule has 3 aromatic heterocycles. The topological polar surface area (TPSA) is 150 Å². The molecular weight excluding hydrogens is 650 g/mol. The molecule has 4 aromatic rings. The molecule has 0 spiro atoms. The van der Waals surface area contributed by atoms with Crippen LogP contribution in [0.4, 0.5) is 28.9 Å². The zero-order valence-corrected chi connectivity index (χ0v) is 26.6. The van der Waals surface area contributed by atoms with E-state index in [1.807, 2.05) is 0 Å². The van der Waals surface area contributed by atoms with Gasteiger partial charge in [-0.15, -0.1) is 5.10 Å². The molecule has 17 heteroatoms. The number of aryl methyl sites for hydroxylation is 1. The second kappa shape index (κ2) is 13.2. The third kappa shape index (κ3) is 6.64. The van der Waals surface area contributed by atoms with E-state index in [-0.39, 0.29) is 92.1 Å². The van der Waals surface area contributed by atoms with Crippen LogP contribution in [-0.2, 0) is 23.9 Å². The standard InChI is InChI=1S/C32H33F4N9O4/c1-3-23-27(42-11-13-43(14-12-42)29(48)26-24(46)5-4-10-37-26)30(49)45-31(40-28(41-45)22-9-7-20(33)16-38-22)44(23)17-25(47)39-21-8-6-19(15-18(21)2)32(34,35)36/h4-6,8-10,15,20,38,46H,3,7,11-14,16-17H2,1-2H3,(H,39,47). The quantitative estimate of drug-likeness (QED) is 0.250. The van der Waals surface area contributed by atoms with E-state index < -0.39 is 35.3 Å². The number of benzene rings is 1. The molecule has 0 aliphatic carbocycles. The van der Waals surface area contributed by atoms with Crippen molar-refractivity contribution >= 4 is 34.7 Å². The Kier molecular flexibility index (Phi) is 9.00. The molecule has 0 radical (unpaired) electrons. The molecule has 2 aliphatic rings. The summed E-state index contributed by atoms with van der Waals surface area (Å²) in [4.78, 5) is 52.6. The van der Waals surface area contributed by atoms with Crippen molar-refractivity contribution in [3.8, 4) is 5.75 Å². The molecule has 1 unspecified atom stereocenters. The molecule has 258 valence electrons. The number of alkyl halides is 4. The lowest BCUT2D eigenvalue weighted by molar-refractivity contribution is -0.137. The third-order valence-electron chi connectivity index (χ3n) is 8.49. The van der Waals surface area contributed by atoms with E-state index in [1.54, 1.807) is 17.9 Å². The van der Waals surface area contributed by atoms with Gasteiger partial charge in [0.15, 0.2) is 11.5 Å². The van der Waals surface area contributed by atoms with Gasteiger partial charge in [-0.1, -0.05) is 13.0 Å². The molecule has 2 amide bonds. The molecule has 0 bridgehead atoms. The van der Waals surface area contributed by atoms with Gasteiger partial charge in [0.25, 0.3) is 11.5 Å². The average Bonchev–Trinajstić information content (AvgIpc) is 3.53. The van der Waals surface area contributed by atoms with Crippen molar-refractivity contribution in [2.45, 2.75) is 45.6 Å². The number of nitrogens with zero attached hydrogens (tertiary/aromatic N) is 7. The van der Waals surface area contributed by atoms with E-state index in [4.69, 9.17) is 0 Å². The minimum absolute atomic E-state index is 0.0330. The first-order valence-electron chi connectivity index (χ1n) is 15.6. The number of carbonyl (C=O) groups is 2. The van der Waals surface area contributed by atoms with Crippen LogP contribution >= 0.6 is 0 Å². The maximum Gasteiger partial charge on any atom is 0.416 e. The highest BCUT2D eigenvalue weighted by atomic mass is 19.4. The summed E-state index contributed by atoms with van der Waals surface area (Å²) in [6.45, 7) is 3.79. The van der Waals surface area contributed by atoms with Crippen LogP contribution in [0.3, 0.4) is 0 Å². The Hall–Kier alpha value is -5.48. The number of allylic oxidation sites excluding steroid dienone is 1. The summed E-state index contributed by atoms with van der Waals surface area (Å²) < 4.78 is 56.1. The molecule has 13 nitrogen and oxygen atoms in total. The summed E-state index contributed by atoms with van der Waals surface area (Å²) in [6.07, 6.45) is -2.23. The van der Waals surface area contributed by atoms with Crippen LogP contribution in [0.1, 0.15) is 46.5 Å². The molecule has 5 heterocycles. The van der Waals surface area contributed by atoms with Gasteiger partial charge in [-0.3, -0.25) is 14.4 Å². The van der Waals surface area contributed by atoms with E-state index in [0.717, 1.165) is 16.6 Å². The molecule has 0 saturated carbocycles. The number of hydrogen-bond acceptors (Lipinski definition) is 9. The van der Waals surface area contributed by atoms with E-state index in [9.17, 15) is 37.1 Å². The van der Waals surface area contributed by atoms with E-state index in [0.29, 0.717) is 11.4 Å². The predicted octanol–water partition coefficient (Wildman–Crippen LogP) is 3.15. The van der Waals surface area contributed by atoms with Crippen LogP contribution < -0.4 is 21.1 Å². The fraction of sp³-hybridized carbons (Fsp3) is 0.375. The summed E-state index contributed by atoms with van der Waals surface area (Å²) >= 11 is 0. The number of aromatic hydroxyl groups is 1. The van der Waals surface area contributed by atoms with Crippen molar-refractivity contribution in [1.29, 1.82) is 0 Å². The number of amides is 2. The number of hydrogen-bond donors (Lipinski definition) is 3. The van der Waals surface area contributed by atoms with Crippen molar-refractivity contribution in [3.05, 3.63) is 81.3 Å². The maximum atomic E-state index is 14.1. The van der Waals surface area contributed by atoms with E-state index in [2.05, 4.69) is 25.7 Å². The van der Waals surface area contributed by atoms with Gasteiger partial charge in [-0.25, -0.2) is 9.37 Å². The number of pyridine rings is 1. The van der Waals surface area contributed by atoms with E-state index in [1.165, 1.54) is 40.8 Å². The fourth-order valence-electron chi connectivity index (χ4n) is 5.99. The van der Waals surface area contributed by atoms with E-state index >= 15 is 0 Å².